The van der Waals surface area contributed by atoms with Gasteiger partial charge in [0.1, 0.15) is 5.75 Å². The molecule has 0 atom stereocenters. The van der Waals surface area contributed by atoms with Gasteiger partial charge in [0.2, 0.25) is 5.91 Å². The Hall–Kier alpha value is -1.88. The van der Waals surface area contributed by atoms with Gasteiger partial charge in [0.15, 0.2) is 0 Å². The minimum Gasteiger partial charge on any atom is -0.507 e. The van der Waals surface area contributed by atoms with Gasteiger partial charge in [-0.05, 0) is 28.5 Å². The van der Waals surface area contributed by atoms with Gasteiger partial charge >= 0.3 is 0 Å². The van der Waals surface area contributed by atoms with E-state index in [2.05, 4.69) is 46.6 Å². The number of hydrogen-bond acceptors (Lipinski definition) is 4. The van der Waals surface area contributed by atoms with Crippen LogP contribution in [0, 0.1) is 0 Å². The standard InChI is InChI=1S/C20H30N2O3/c1-19(2,3)14-11-13(12-15(18(14)25)20(4,5)6)16-7-8-17(24)22(21-16)9-10-23/h11-12,23,25H,7-10H2,1-6H3. The molecule has 0 radical (unpaired) electrons. The first-order valence-corrected chi connectivity index (χ1v) is 8.82. The lowest BCUT2D eigenvalue weighted by atomic mass is 9.77. The van der Waals surface area contributed by atoms with E-state index in [1.54, 1.807) is 0 Å². The molecule has 0 saturated carbocycles. The molecule has 1 heterocycles. The van der Waals surface area contributed by atoms with E-state index >= 15 is 0 Å². The fraction of sp³-hybridized carbons (Fsp3) is 0.600. The second-order valence-electron chi connectivity index (χ2n) is 8.71. The smallest absolute Gasteiger partial charge is 0.243 e. The maximum atomic E-state index is 11.9. The summed E-state index contributed by atoms with van der Waals surface area (Å²) in [6, 6.07) is 3.96. The second-order valence-corrected chi connectivity index (χ2v) is 8.71. The summed E-state index contributed by atoms with van der Waals surface area (Å²) in [5, 5.41) is 25.8. The highest BCUT2D eigenvalue weighted by Gasteiger charge is 2.29. The molecule has 1 aliphatic rings. The Kier molecular flexibility index (Phi) is 5.28. The Morgan fingerprint density at radius 2 is 1.56 bits per heavy atom. The Balaban J connectivity index is 2.62. The van der Waals surface area contributed by atoms with Crippen LogP contribution in [0.2, 0.25) is 0 Å². The SMILES string of the molecule is CC(C)(C)c1cc(C2=NN(CCO)C(=O)CC2)cc(C(C)(C)C)c1O. The van der Waals surface area contributed by atoms with Gasteiger partial charge in [0, 0.05) is 24.0 Å². The summed E-state index contributed by atoms with van der Waals surface area (Å²) in [5.41, 5.74) is 3.09. The first-order valence-electron chi connectivity index (χ1n) is 8.82. The molecule has 138 valence electrons. The summed E-state index contributed by atoms with van der Waals surface area (Å²) >= 11 is 0. The van der Waals surface area contributed by atoms with Crippen LogP contribution in [0.25, 0.3) is 0 Å². The third kappa shape index (κ3) is 4.21. The van der Waals surface area contributed by atoms with E-state index in [1.807, 2.05) is 12.1 Å². The second kappa shape index (κ2) is 6.79. The highest BCUT2D eigenvalue weighted by atomic mass is 16.3. The zero-order valence-corrected chi connectivity index (χ0v) is 16.2. The molecule has 0 spiro atoms. The van der Waals surface area contributed by atoms with Crippen LogP contribution in [-0.4, -0.2) is 40.0 Å². The number of phenolic OH excluding ortho intramolecular Hbond substituents is 1. The number of β-amino-alcohol motifs (C(OH)–C–C–N with tert-alkyl or cyclic N) is 1. The van der Waals surface area contributed by atoms with Gasteiger partial charge in [0.05, 0.1) is 18.9 Å². The summed E-state index contributed by atoms with van der Waals surface area (Å²) in [6.45, 7) is 12.5. The van der Waals surface area contributed by atoms with Crippen LogP contribution in [0.1, 0.15) is 71.1 Å². The molecule has 1 amide bonds. The van der Waals surface area contributed by atoms with Crippen molar-refractivity contribution in [1.29, 1.82) is 0 Å². The van der Waals surface area contributed by atoms with Gasteiger partial charge in [0.25, 0.3) is 0 Å². The average molecular weight is 346 g/mol. The zero-order chi connectivity index (χ0) is 19.0. The lowest BCUT2D eigenvalue weighted by molar-refractivity contribution is -0.132. The average Bonchev–Trinajstić information content (AvgIpc) is 2.47. The third-order valence-electron chi connectivity index (χ3n) is 4.48. The highest BCUT2D eigenvalue weighted by molar-refractivity contribution is 6.04. The lowest BCUT2D eigenvalue weighted by Crippen LogP contribution is -2.34. The van der Waals surface area contributed by atoms with E-state index in [4.69, 9.17) is 5.11 Å². The molecule has 2 N–H and O–H groups in total. The molecule has 25 heavy (non-hydrogen) atoms. The number of aromatic hydroxyl groups is 1. The van der Waals surface area contributed by atoms with Crippen molar-refractivity contribution in [3.8, 4) is 5.75 Å². The first-order chi connectivity index (χ1) is 11.4. The van der Waals surface area contributed by atoms with E-state index in [1.165, 1.54) is 5.01 Å². The highest BCUT2D eigenvalue weighted by Crippen LogP contribution is 2.40. The number of aliphatic hydroxyl groups excluding tert-OH is 1. The largest absolute Gasteiger partial charge is 0.507 e. The van der Waals surface area contributed by atoms with Crippen molar-refractivity contribution in [2.24, 2.45) is 5.10 Å². The summed E-state index contributed by atoms with van der Waals surface area (Å²) in [7, 11) is 0. The van der Waals surface area contributed by atoms with Crippen LogP contribution in [0.15, 0.2) is 17.2 Å². The number of benzene rings is 1. The van der Waals surface area contributed by atoms with E-state index in [-0.39, 0.29) is 29.9 Å². The molecule has 0 fully saturated rings. The van der Waals surface area contributed by atoms with Crippen molar-refractivity contribution in [2.75, 3.05) is 13.2 Å². The number of amides is 1. The van der Waals surface area contributed by atoms with Crippen molar-refractivity contribution >= 4 is 11.6 Å². The number of rotatable bonds is 3. The quantitative estimate of drug-likeness (QED) is 0.882. The van der Waals surface area contributed by atoms with E-state index < -0.39 is 0 Å². The number of aliphatic hydroxyl groups is 1. The predicted octanol–water partition coefficient (Wildman–Crippen LogP) is 3.31. The molecule has 1 aliphatic heterocycles. The summed E-state index contributed by atoms with van der Waals surface area (Å²) in [6.07, 6.45) is 0.952. The van der Waals surface area contributed by atoms with Crippen molar-refractivity contribution in [3.05, 3.63) is 28.8 Å². The van der Waals surface area contributed by atoms with Crippen LogP contribution < -0.4 is 0 Å². The lowest BCUT2D eigenvalue weighted by Gasteiger charge is -2.29. The van der Waals surface area contributed by atoms with Gasteiger partial charge in [-0.25, -0.2) is 5.01 Å². The summed E-state index contributed by atoms with van der Waals surface area (Å²) < 4.78 is 0. The number of hydrazone groups is 1. The van der Waals surface area contributed by atoms with Crippen molar-refractivity contribution in [2.45, 2.75) is 65.2 Å². The van der Waals surface area contributed by atoms with Crippen LogP contribution in [0.3, 0.4) is 0 Å². The Bertz CT molecular complexity index is 659. The molecule has 2 rings (SSSR count). The van der Waals surface area contributed by atoms with Gasteiger partial charge in [-0.3, -0.25) is 4.79 Å². The summed E-state index contributed by atoms with van der Waals surface area (Å²) in [5.74, 6) is 0.270. The summed E-state index contributed by atoms with van der Waals surface area (Å²) in [4.78, 5) is 11.9. The number of hydrogen-bond donors (Lipinski definition) is 2. The van der Waals surface area contributed by atoms with E-state index in [0.717, 1.165) is 22.4 Å². The topological polar surface area (TPSA) is 73.1 Å². The molecule has 5 heteroatoms. The van der Waals surface area contributed by atoms with Crippen molar-refractivity contribution < 1.29 is 15.0 Å². The molecule has 0 saturated heterocycles. The van der Waals surface area contributed by atoms with Crippen LogP contribution in [0.4, 0.5) is 0 Å². The third-order valence-corrected chi connectivity index (χ3v) is 4.48. The van der Waals surface area contributed by atoms with Gasteiger partial charge in [-0.2, -0.15) is 5.10 Å². The Labute approximate surface area is 150 Å². The molecular formula is C20H30N2O3. The maximum Gasteiger partial charge on any atom is 0.243 e. The Morgan fingerprint density at radius 1 is 1.04 bits per heavy atom. The van der Waals surface area contributed by atoms with E-state index in [9.17, 15) is 9.90 Å². The minimum atomic E-state index is -0.212. The minimum absolute atomic E-state index is 0.0660. The molecule has 0 bridgehead atoms. The fourth-order valence-electron chi connectivity index (χ4n) is 3.02. The number of carbonyl (C=O) groups is 1. The number of phenols is 1. The molecule has 0 aromatic heterocycles. The zero-order valence-electron chi connectivity index (χ0n) is 16.2. The normalized spacial score (nSPS) is 16.2. The molecule has 1 aromatic rings. The first kappa shape index (κ1) is 19.4. The fourth-order valence-corrected chi connectivity index (χ4v) is 3.02. The van der Waals surface area contributed by atoms with E-state index in [0.29, 0.717) is 18.6 Å². The molecule has 0 aliphatic carbocycles. The molecule has 1 aromatic carbocycles. The van der Waals surface area contributed by atoms with Crippen molar-refractivity contribution in [3.63, 3.8) is 0 Å². The van der Waals surface area contributed by atoms with Gasteiger partial charge in [-0.1, -0.05) is 41.5 Å². The van der Waals surface area contributed by atoms with Crippen LogP contribution in [-0.2, 0) is 15.6 Å². The monoisotopic (exact) mass is 346 g/mol. The maximum absolute atomic E-state index is 11.9. The predicted molar refractivity (Wildman–Crippen MR) is 100 cm³/mol. The van der Waals surface area contributed by atoms with Gasteiger partial charge in [-0.15, -0.1) is 0 Å². The van der Waals surface area contributed by atoms with Crippen molar-refractivity contribution in [1.82, 2.24) is 5.01 Å². The number of carbonyl (C=O) groups excluding carboxylic acids is 1. The van der Waals surface area contributed by atoms with Gasteiger partial charge < -0.3 is 10.2 Å². The molecule has 0 unspecified atom stereocenters. The number of nitrogens with zero attached hydrogens (tertiary/aromatic N) is 2. The molecule has 5 nitrogen and oxygen atoms in total. The Morgan fingerprint density at radius 3 is 2.00 bits per heavy atom. The molecular weight excluding hydrogens is 316 g/mol. The van der Waals surface area contributed by atoms with Crippen LogP contribution in [0.5, 0.6) is 5.75 Å². The van der Waals surface area contributed by atoms with Crippen LogP contribution >= 0.6 is 0 Å².